The first-order valence-electron chi connectivity index (χ1n) is 13.3. The molecule has 0 bridgehead atoms. The van der Waals surface area contributed by atoms with Gasteiger partial charge in [0.15, 0.2) is 0 Å². The summed E-state index contributed by atoms with van der Waals surface area (Å²) in [5, 5.41) is 3.57. The van der Waals surface area contributed by atoms with E-state index >= 15 is 0 Å². The van der Waals surface area contributed by atoms with E-state index in [1.54, 1.807) is 42.5 Å². The van der Waals surface area contributed by atoms with Gasteiger partial charge in [-0.05, 0) is 61.2 Å². The highest BCUT2D eigenvalue weighted by Gasteiger charge is 2.34. The van der Waals surface area contributed by atoms with Crippen LogP contribution >= 0.6 is 11.6 Å². The van der Waals surface area contributed by atoms with Crippen molar-refractivity contribution < 1.29 is 18.0 Å². The molecule has 2 amide bonds. The van der Waals surface area contributed by atoms with Gasteiger partial charge < -0.3 is 10.2 Å². The van der Waals surface area contributed by atoms with E-state index in [-0.39, 0.29) is 23.4 Å². The molecule has 39 heavy (non-hydrogen) atoms. The van der Waals surface area contributed by atoms with Crippen molar-refractivity contribution in [2.75, 3.05) is 10.8 Å². The van der Waals surface area contributed by atoms with Crippen molar-refractivity contribution in [1.82, 2.24) is 10.2 Å². The SMILES string of the molecule is CC[C@@H](C(=O)NC1CCCC1)N(Cc1ccccc1)C(=O)CN(c1ccc(Cl)cc1)S(=O)(=O)c1ccccc1. The Morgan fingerprint density at radius 1 is 0.923 bits per heavy atom. The monoisotopic (exact) mass is 567 g/mol. The average Bonchev–Trinajstić information content (AvgIpc) is 3.46. The highest BCUT2D eigenvalue weighted by molar-refractivity contribution is 7.92. The molecule has 3 aromatic carbocycles. The van der Waals surface area contributed by atoms with Crippen molar-refractivity contribution >= 4 is 39.1 Å². The van der Waals surface area contributed by atoms with Gasteiger partial charge in [0, 0.05) is 17.6 Å². The quantitative estimate of drug-likeness (QED) is 0.336. The average molecular weight is 568 g/mol. The van der Waals surface area contributed by atoms with Crippen molar-refractivity contribution in [3.8, 4) is 0 Å². The first-order chi connectivity index (χ1) is 18.8. The Balaban J connectivity index is 1.68. The second-order valence-electron chi connectivity index (χ2n) is 9.72. The predicted octanol–water partition coefficient (Wildman–Crippen LogP) is 5.40. The van der Waals surface area contributed by atoms with Gasteiger partial charge in [0.2, 0.25) is 11.8 Å². The summed E-state index contributed by atoms with van der Waals surface area (Å²) >= 11 is 6.07. The van der Waals surface area contributed by atoms with Crippen molar-refractivity contribution in [2.45, 2.75) is 62.6 Å². The van der Waals surface area contributed by atoms with Crippen LogP contribution in [0.4, 0.5) is 5.69 Å². The summed E-state index contributed by atoms with van der Waals surface area (Å²) in [6, 6.07) is 23.1. The summed E-state index contributed by atoms with van der Waals surface area (Å²) in [7, 11) is -4.10. The Morgan fingerprint density at radius 2 is 1.51 bits per heavy atom. The molecule has 1 aliphatic rings. The van der Waals surface area contributed by atoms with E-state index in [0.29, 0.717) is 17.1 Å². The Kier molecular flexibility index (Phi) is 9.64. The number of amides is 2. The van der Waals surface area contributed by atoms with E-state index in [1.807, 2.05) is 37.3 Å². The number of nitrogens with zero attached hydrogens (tertiary/aromatic N) is 2. The van der Waals surface area contributed by atoms with Crippen LogP contribution in [-0.4, -0.2) is 43.8 Å². The molecular weight excluding hydrogens is 534 g/mol. The minimum absolute atomic E-state index is 0.0633. The fraction of sp³-hybridized carbons (Fsp3) is 0.333. The van der Waals surface area contributed by atoms with Crippen LogP contribution < -0.4 is 9.62 Å². The molecule has 0 spiro atoms. The molecule has 4 rings (SSSR count). The normalized spacial score (nSPS) is 14.5. The van der Waals surface area contributed by atoms with Crippen LogP contribution in [0.15, 0.2) is 89.8 Å². The van der Waals surface area contributed by atoms with Gasteiger partial charge in [0.05, 0.1) is 10.6 Å². The van der Waals surface area contributed by atoms with E-state index in [0.717, 1.165) is 35.6 Å². The number of halogens is 1. The van der Waals surface area contributed by atoms with Crippen LogP contribution in [-0.2, 0) is 26.2 Å². The molecule has 1 atom stereocenters. The smallest absolute Gasteiger partial charge is 0.264 e. The van der Waals surface area contributed by atoms with Gasteiger partial charge in [-0.2, -0.15) is 0 Å². The molecule has 1 aliphatic carbocycles. The Hall–Kier alpha value is -3.36. The summed E-state index contributed by atoms with van der Waals surface area (Å²) in [5.74, 6) is -0.681. The lowest BCUT2D eigenvalue weighted by molar-refractivity contribution is -0.140. The summed E-state index contributed by atoms with van der Waals surface area (Å²) in [4.78, 5) is 29.0. The highest BCUT2D eigenvalue weighted by Crippen LogP contribution is 2.26. The zero-order valence-electron chi connectivity index (χ0n) is 22.0. The number of benzene rings is 3. The summed E-state index contributed by atoms with van der Waals surface area (Å²) in [6.45, 7) is 1.57. The van der Waals surface area contributed by atoms with Gasteiger partial charge in [-0.25, -0.2) is 8.42 Å². The number of rotatable bonds is 11. The number of carbonyl (C=O) groups is 2. The molecular formula is C30H34ClN3O4S. The standard InChI is InChI=1S/C30H34ClN3O4S/c1-2-28(30(36)32-25-13-9-10-14-25)33(21-23-11-5-3-6-12-23)29(35)22-34(26-19-17-24(31)18-20-26)39(37,38)27-15-7-4-8-16-27/h3-8,11-12,15-20,25,28H,2,9-10,13-14,21-22H2,1H3,(H,32,36)/t28-/m0/s1. The van der Waals surface area contributed by atoms with Crippen LogP contribution in [0.3, 0.4) is 0 Å². The maximum Gasteiger partial charge on any atom is 0.264 e. The second-order valence-corrected chi connectivity index (χ2v) is 12.0. The predicted molar refractivity (Wildman–Crippen MR) is 154 cm³/mol. The second kappa shape index (κ2) is 13.1. The maximum atomic E-state index is 14.0. The number of hydrogen-bond donors (Lipinski definition) is 1. The molecule has 0 saturated heterocycles. The third-order valence-corrected chi connectivity index (χ3v) is 9.05. The molecule has 0 heterocycles. The Morgan fingerprint density at radius 3 is 2.10 bits per heavy atom. The molecule has 206 valence electrons. The van der Waals surface area contributed by atoms with Crippen LogP contribution in [0, 0.1) is 0 Å². The molecule has 0 aliphatic heterocycles. The number of carbonyl (C=O) groups excluding carboxylic acids is 2. The van der Waals surface area contributed by atoms with Gasteiger partial charge in [-0.15, -0.1) is 0 Å². The van der Waals surface area contributed by atoms with Crippen LogP contribution in [0.25, 0.3) is 0 Å². The molecule has 9 heteroatoms. The first-order valence-corrected chi connectivity index (χ1v) is 15.1. The third kappa shape index (κ3) is 7.19. The number of sulfonamides is 1. The lowest BCUT2D eigenvalue weighted by Gasteiger charge is -2.33. The van der Waals surface area contributed by atoms with E-state index in [9.17, 15) is 18.0 Å². The minimum Gasteiger partial charge on any atom is -0.352 e. The van der Waals surface area contributed by atoms with Crippen LogP contribution in [0.1, 0.15) is 44.6 Å². The van der Waals surface area contributed by atoms with Crippen molar-refractivity contribution in [3.05, 3.63) is 95.5 Å². The molecule has 1 saturated carbocycles. The summed E-state index contributed by atoms with van der Waals surface area (Å²) in [5.41, 5.74) is 1.15. The molecule has 0 unspecified atom stereocenters. The van der Waals surface area contributed by atoms with E-state index < -0.39 is 28.5 Å². The fourth-order valence-corrected chi connectivity index (χ4v) is 6.48. The molecule has 1 N–H and O–H groups in total. The molecule has 0 radical (unpaired) electrons. The van der Waals surface area contributed by atoms with Crippen molar-refractivity contribution in [3.63, 3.8) is 0 Å². The van der Waals surface area contributed by atoms with E-state index in [1.165, 1.54) is 17.0 Å². The van der Waals surface area contributed by atoms with Gasteiger partial charge in [-0.1, -0.05) is 79.9 Å². The van der Waals surface area contributed by atoms with Gasteiger partial charge in [0.1, 0.15) is 12.6 Å². The topological polar surface area (TPSA) is 86.8 Å². The molecule has 7 nitrogen and oxygen atoms in total. The van der Waals surface area contributed by atoms with E-state index in [2.05, 4.69) is 5.32 Å². The minimum atomic E-state index is -4.10. The molecule has 1 fully saturated rings. The number of anilines is 1. The fourth-order valence-electron chi connectivity index (χ4n) is 4.92. The first kappa shape index (κ1) is 28.6. The number of nitrogens with one attached hydrogen (secondary N) is 1. The van der Waals surface area contributed by atoms with Gasteiger partial charge >= 0.3 is 0 Å². The maximum absolute atomic E-state index is 14.0. The van der Waals surface area contributed by atoms with Crippen molar-refractivity contribution in [2.24, 2.45) is 0 Å². The summed E-state index contributed by atoms with van der Waals surface area (Å²) in [6.07, 6.45) is 4.38. The zero-order chi connectivity index (χ0) is 27.8. The molecule has 0 aromatic heterocycles. The van der Waals surface area contributed by atoms with Crippen LogP contribution in [0.5, 0.6) is 0 Å². The number of hydrogen-bond acceptors (Lipinski definition) is 4. The lowest BCUT2D eigenvalue weighted by atomic mass is 10.1. The van der Waals surface area contributed by atoms with Crippen LogP contribution in [0.2, 0.25) is 5.02 Å². The van der Waals surface area contributed by atoms with Gasteiger partial charge in [0.25, 0.3) is 10.0 Å². The lowest BCUT2D eigenvalue weighted by Crippen LogP contribution is -2.53. The highest BCUT2D eigenvalue weighted by atomic mass is 35.5. The Bertz CT molecular complexity index is 1350. The van der Waals surface area contributed by atoms with Crippen molar-refractivity contribution in [1.29, 1.82) is 0 Å². The largest absolute Gasteiger partial charge is 0.352 e. The molecule has 3 aromatic rings. The van der Waals surface area contributed by atoms with Gasteiger partial charge in [-0.3, -0.25) is 13.9 Å². The Labute approximate surface area is 235 Å². The zero-order valence-corrected chi connectivity index (χ0v) is 23.6. The summed E-state index contributed by atoms with van der Waals surface area (Å²) < 4.78 is 28.6. The third-order valence-electron chi connectivity index (χ3n) is 7.01. The van der Waals surface area contributed by atoms with E-state index in [4.69, 9.17) is 11.6 Å².